The monoisotopic (exact) mass is 502 g/mol. The van der Waals surface area contributed by atoms with Gasteiger partial charge in [0, 0.05) is 43.3 Å². The van der Waals surface area contributed by atoms with Gasteiger partial charge in [0.05, 0.1) is 17.6 Å². The molecule has 190 valence electrons. The number of likely N-dealkylation sites (tertiary alicyclic amines) is 1. The van der Waals surface area contributed by atoms with Gasteiger partial charge in [0.1, 0.15) is 5.82 Å². The summed E-state index contributed by atoms with van der Waals surface area (Å²) in [5.41, 5.74) is 6.89. The summed E-state index contributed by atoms with van der Waals surface area (Å²) in [4.78, 5) is 2.49. The third-order valence-electron chi connectivity index (χ3n) is 7.30. The van der Waals surface area contributed by atoms with Crippen LogP contribution in [0.15, 0.2) is 115 Å². The first-order valence-corrected chi connectivity index (χ1v) is 13.2. The van der Waals surface area contributed by atoms with Crippen LogP contribution in [0.1, 0.15) is 17.5 Å². The Morgan fingerprint density at radius 1 is 0.789 bits per heavy atom. The van der Waals surface area contributed by atoms with E-state index in [-0.39, 0.29) is 5.82 Å². The van der Waals surface area contributed by atoms with Crippen molar-refractivity contribution in [2.75, 3.05) is 13.1 Å². The summed E-state index contributed by atoms with van der Waals surface area (Å²) in [5.74, 6) is -0.244. The van der Waals surface area contributed by atoms with E-state index in [1.165, 1.54) is 11.6 Å². The molecule has 1 aromatic heterocycles. The van der Waals surface area contributed by atoms with Gasteiger partial charge in [0.25, 0.3) is 0 Å². The highest BCUT2D eigenvalue weighted by molar-refractivity contribution is 5.68. The van der Waals surface area contributed by atoms with Crippen molar-refractivity contribution in [2.24, 2.45) is 0 Å². The lowest BCUT2D eigenvalue weighted by Crippen LogP contribution is -2.32. The van der Waals surface area contributed by atoms with Crippen LogP contribution in [0.5, 0.6) is 0 Å². The highest BCUT2D eigenvalue weighted by atomic mass is 19.1. The molecule has 0 amide bonds. The molecule has 1 aliphatic heterocycles. The minimum Gasteiger partial charge on any atom is -0.308 e. The van der Waals surface area contributed by atoms with Crippen LogP contribution in [-0.4, -0.2) is 33.8 Å². The molecule has 1 atom stereocenters. The van der Waals surface area contributed by atoms with E-state index >= 15 is 4.39 Å². The number of aromatic nitrogens is 2. The van der Waals surface area contributed by atoms with Gasteiger partial charge in [0.2, 0.25) is 0 Å². The Hall–Kier alpha value is -4.06. The smallest absolute Gasteiger partial charge is 0.132 e. The lowest BCUT2D eigenvalue weighted by atomic mass is 10.0. The molecule has 0 saturated carbocycles. The molecule has 4 aromatic carbocycles. The van der Waals surface area contributed by atoms with Gasteiger partial charge in [-0.2, -0.15) is 5.10 Å². The van der Waals surface area contributed by atoms with Crippen LogP contribution in [0, 0.1) is 5.82 Å². The number of nitrogens with one attached hydrogen (secondary N) is 1. The van der Waals surface area contributed by atoms with Gasteiger partial charge in [-0.1, -0.05) is 84.9 Å². The second-order valence-corrected chi connectivity index (χ2v) is 9.91. The topological polar surface area (TPSA) is 33.1 Å². The van der Waals surface area contributed by atoms with Crippen LogP contribution in [0.3, 0.4) is 0 Å². The maximum absolute atomic E-state index is 15.0. The van der Waals surface area contributed by atoms with E-state index in [1.54, 1.807) is 6.07 Å². The standard InChI is InChI=1S/C33H31FN4/c34-32-14-8-7-13-31(32)33-28(21-35-29-19-20-37(24-29)23-25-9-3-1-4-10-25)22-36-38(33)30-17-15-27(16-18-30)26-11-5-2-6-12-26/h1-18,22,29,35H,19-21,23-24H2. The average molecular weight is 503 g/mol. The van der Waals surface area contributed by atoms with E-state index in [1.807, 2.05) is 41.2 Å². The highest BCUT2D eigenvalue weighted by Crippen LogP contribution is 2.30. The number of hydrogen-bond acceptors (Lipinski definition) is 3. The summed E-state index contributed by atoms with van der Waals surface area (Å²) in [6, 6.07) is 36.5. The van der Waals surface area contributed by atoms with Crippen molar-refractivity contribution in [3.8, 4) is 28.1 Å². The molecule has 5 heteroatoms. The number of benzene rings is 4. The Labute approximate surface area is 223 Å². The molecule has 0 radical (unpaired) electrons. The lowest BCUT2D eigenvalue weighted by Gasteiger charge is -2.17. The summed E-state index contributed by atoms with van der Waals surface area (Å²) in [5, 5.41) is 8.44. The maximum Gasteiger partial charge on any atom is 0.132 e. The number of nitrogens with zero attached hydrogens (tertiary/aromatic N) is 3. The van der Waals surface area contributed by atoms with Crippen molar-refractivity contribution >= 4 is 0 Å². The summed E-state index contributed by atoms with van der Waals surface area (Å²) < 4.78 is 16.9. The SMILES string of the molecule is Fc1ccccc1-c1c(CNC2CCN(Cc3ccccc3)C2)cnn1-c1ccc(-c2ccccc2)cc1. The zero-order chi connectivity index (χ0) is 25.7. The van der Waals surface area contributed by atoms with E-state index in [4.69, 9.17) is 5.10 Å². The maximum atomic E-state index is 15.0. The largest absolute Gasteiger partial charge is 0.308 e. The molecule has 1 fully saturated rings. The fourth-order valence-corrected chi connectivity index (χ4v) is 5.31. The van der Waals surface area contributed by atoms with Crippen LogP contribution in [0.4, 0.5) is 4.39 Å². The van der Waals surface area contributed by atoms with Gasteiger partial charge in [0.15, 0.2) is 0 Å². The molecule has 1 saturated heterocycles. The fraction of sp³-hybridized carbons (Fsp3) is 0.182. The molecule has 1 aliphatic rings. The Balaban J connectivity index is 1.22. The van der Waals surface area contributed by atoms with Crippen molar-refractivity contribution in [2.45, 2.75) is 25.6 Å². The normalized spacial score (nSPS) is 15.7. The third kappa shape index (κ3) is 5.30. The summed E-state index contributed by atoms with van der Waals surface area (Å²) in [6.45, 7) is 3.67. The predicted octanol–water partition coefficient (Wildman–Crippen LogP) is 6.71. The minimum atomic E-state index is -0.244. The first-order valence-electron chi connectivity index (χ1n) is 13.2. The Kier molecular flexibility index (Phi) is 7.12. The summed E-state index contributed by atoms with van der Waals surface area (Å²) in [7, 11) is 0. The molecule has 0 bridgehead atoms. The van der Waals surface area contributed by atoms with Crippen molar-refractivity contribution in [3.05, 3.63) is 132 Å². The van der Waals surface area contributed by atoms with E-state index in [9.17, 15) is 0 Å². The predicted molar refractivity (Wildman–Crippen MR) is 151 cm³/mol. The Bertz CT molecular complexity index is 1480. The van der Waals surface area contributed by atoms with Crippen LogP contribution < -0.4 is 5.32 Å². The van der Waals surface area contributed by atoms with Gasteiger partial charge in [-0.3, -0.25) is 4.90 Å². The highest BCUT2D eigenvalue weighted by Gasteiger charge is 2.24. The van der Waals surface area contributed by atoms with Crippen molar-refractivity contribution < 1.29 is 4.39 Å². The van der Waals surface area contributed by atoms with Crippen LogP contribution in [0.2, 0.25) is 0 Å². The Morgan fingerprint density at radius 2 is 1.47 bits per heavy atom. The second kappa shape index (κ2) is 11.1. The molecule has 38 heavy (non-hydrogen) atoms. The van der Waals surface area contributed by atoms with Gasteiger partial charge < -0.3 is 5.32 Å². The van der Waals surface area contributed by atoms with E-state index in [0.29, 0.717) is 18.2 Å². The first kappa shape index (κ1) is 24.3. The Morgan fingerprint density at radius 3 is 2.24 bits per heavy atom. The molecular formula is C33H31FN4. The molecule has 1 N–H and O–H groups in total. The van der Waals surface area contributed by atoms with Crippen LogP contribution >= 0.6 is 0 Å². The van der Waals surface area contributed by atoms with Crippen molar-refractivity contribution in [1.82, 2.24) is 20.0 Å². The number of halogens is 1. The number of rotatable bonds is 8. The molecule has 0 spiro atoms. The zero-order valence-corrected chi connectivity index (χ0v) is 21.3. The average Bonchev–Trinajstić information content (AvgIpc) is 3.60. The van der Waals surface area contributed by atoms with Gasteiger partial charge in [-0.25, -0.2) is 9.07 Å². The van der Waals surface area contributed by atoms with Gasteiger partial charge in [-0.15, -0.1) is 0 Å². The molecule has 4 nitrogen and oxygen atoms in total. The quantitative estimate of drug-likeness (QED) is 0.256. The van der Waals surface area contributed by atoms with Crippen molar-refractivity contribution in [3.63, 3.8) is 0 Å². The zero-order valence-electron chi connectivity index (χ0n) is 21.3. The molecule has 2 heterocycles. The second-order valence-electron chi connectivity index (χ2n) is 9.91. The summed E-state index contributed by atoms with van der Waals surface area (Å²) in [6.07, 6.45) is 2.97. The molecular weight excluding hydrogens is 471 g/mol. The van der Waals surface area contributed by atoms with Crippen LogP contribution in [0.25, 0.3) is 28.1 Å². The van der Waals surface area contributed by atoms with E-state index < -0.39 is 0 Å². The first-order chi connectivity index (χ1) is 18.7. The minimum absolute atomic E-state index is 0.244. The summed E-state index contributed by atoms with van der Waals surface area (Å²) >= 11 is 0. The van der Waals surface area contributed by atoms with Gasteiger partial charge in [-0.05, 0) is 47.4 Å². The third-order valence-corrected chi connectivity index (χ3v) is 7.30. The van der Waals surface area contributed by atoms with Gasteiger partial charge >= 0.3 is 0 Å². The van der Waals surface area contributed by atoms with E-state index in [2.05, 4.69) is 76.9 Å². The number of hydrogen-bond donors (Lipinski definition) is 1. The molecule has 5 aromatic rings. The molecule has 1 unspecified atom stereocenters. The van der Waals surface area contributed by atoms with Crippen LogP contribution in [-0.2, 0) is 13.1 Å². The molecule has 6 rings (SSSR count). The lowest BCUT2D eigenvalue weighted by molar-refractivity contribution is 0.320. The van der Waals surface area contributed by atoms with Crippen molar-refractivity contribution in [1.29, 1.82) is 0 Å². The van der Waals surface area contributed by atoms with E-state index in [0.717, 1.165) is 54.1 Å². The molecule has 0 aliphatic carbocycles. The fourth-order valence-electron chi connectivity index (χ4n) is 5.31.